The highest BCUT2D eigenvalue weighted by Gasteiger charge is 2.51. The molecule has 2 aliphatic heterocycles. The minimum absolute atomic E-state index is 0.243. The van der Waals surface area contributed by atoms with Gasteiger partial charge in [0.2, 0.25) is 5.91 Å². The van der Waals surface area contributed by atoms with Crippen molar-refractivity contribution in [1.82, 2.24) is 5.32 Å². The van der Waals surface area contributed by atoms with E-state index in [1.54, 1.807) is 6.08 Å². The van der Waals surface area contributed by atoms with E-state index in [-0.39, 0.29) is 18.9 Å². The number of carbonyl (C=O) groups excluding carboxylic acids is 1. The molecule has 12 unspecified atom stereocenters. The zero-order chi connectivity index (χ0) is 56.7. The minimum Gasteiger partial charge on any atom is -0.394 e. The fourth-order valence-electron chi connectivity index (χ4n) is 10.9. The van der Waals surface area contributed by atoms with Crippen molar-refractivity contribution in [1.29, 1.82) is 0 Å². The lowest BCUT2D eigenvalue weighted by Crippen LogP contribution is -2.65. The smallest absolute Gasteiger partial charge is 0.220 e. The number of rotatable bonds is 53. The van der Waals surface area contributed by atoms with Gasteiger partial charge in [0, 0.05) is 6.42 Å². The fraction of sp³-hybridized carbons (Fsp3) is 0.922. The van der Waals surface area contributed by atoms with E-state index in [1.807, 2.05) is 6.08 Å². The van der Waals surface area contributed by atoms with Crippen molar-refractivity contribution in [2.24, 2.45) is 0 Å². The van der Waals surface area contributed by atoms with Crippen LogP contribution in [0.1, 0.15) is 284 Å². The molecule has 14 nitrogen and oxygen atoms in total. The number of allylic oxidation sites excluding steroid dienone is 3. The van der Waals surface area contributed by atoms with Crippen LogP contribution >= 0.6 is 0 Å². The van der Waals surface area contributed by atoms with E-state index in [2.05, 4.69) is 31.3 Å². The number of nitrogens with one attached hydrogen (secondary N) is 1. The van der Waals surface area contributed by atoms with Crippen LogP contribution in [0.3, 0.4) is 0 Å². The predicted molar refractivity (Wildman–Crippen MR) is 314 cm³/mol. The lowest BCUT2D eigenvalue weighted by atomic mass is 9.97. The van der Waals surface area contributed by atoms with Gasteiger partial charge in [-0.25, -0.2) is 0 Å². The lowest BCUT2D eigenvalue weighted by Gasteiger charge is -2.46. The lowest BCUT2D eigenvalue weighted by molar-refractivity contribution is -0.359. The first kappa shape index (κ1) is 72.6. The Morgan fingerprint density at radius 3 is 1.26 bits per heavy atom. The molecule has 14 heteroatoms. The van der Waals surface area contributed by atoms with Crippen molar-refractivity contribution >= 4 is 5.91 Å². The Labute approximate surface area is 475 Å². The van der Waals surface area contributed by atoms with Gasteiger partial charge >= 0.3 is 0 Å². The topological polar surface area (TPSA) is 228 Å². The van der Waals surface area contributed by atoms with Crippen molar-refractivity contribution in [2.75, 3.05) is 19.8 Å². The molecule has 2 aliphatic rings. The van der Waals surface area contributed by atoms with Crippen LogP contribution in [0.25, 0.3) is 0 Å². The molecule has 0 radical (unpaired) electrons. The molecule has 0 aromatic heterocycles. The minimum atomic E-state index is -1.79. The summed E-state index contributed by atoms with van der Waals surface area (Å²) in [4.78, 5) is 13.3. The Hall–Kier alpha value is -1.53. The average Bonchev–Trinajstić information content (AvgIpc) is 3.48. The number of hydrogen-bond acceptors (Lipinski definition) is 13. The van der Waals surface area contributed by atoms with E-state index in [1.165, 1.54) is 218 Å². The normalized spacial score (nSPS) is 24.6. The molecule has 2 heterocycles. The summed E-state index contributed by atoms with van der Waals surface area (Å²) < 4.78 is 22.8. The van der Waals surface area contributed by atoms with E-state index in [4.69, 9.17) is 18.9 Å². The van der Waals surface area contributed by atoms with Crippen LogP contribution in [0.4, 0.5) is 0 Å². The van der Waals surface area contributed by atoms with Crippen LogP contribution in [-0.2, 0) is 23.7 Å². The van der Waals surface area contributed by atoms with E-state index in [9.17, 15) is 45.6 Å². The van der Waals surface area contributed by atoms with Gasteiger partial charge in [-0.05, 0) is 32.1 Å². The highest BCUT2D eigenvalue weighted by molar-refractivity contribution is 5.76. The molecule has 12 atom stereocenters. The standard InChI is InChI=1S/C64H121NO13/c1-3-5-7-9-11-13-15-17-19-21-23-25-26-28-30-32-34-36-38-40-42-44-46-48-56(69)65-52(53(68)47-45-43-41-39-37-35-33-31-29-27-24-22-20-18-16-14-12-10-8-6-4-2)51-75-63-61(74)59(72)62(55(50-67)77-63)78-64-60(73)58(71)57(70)54(49-66)76-64/h37,39,45,47,52-55,57-64,66-68,70-74H,3-36,38,40-44,46,48-51H2,1-2H3,(H,65,69)/b39-37+,47-45+. The maximum absolute atomic E-state index is 13.3. The number of amides is 1. The first-order chi connectivity index (χ1) is 38.1. The summed E-state index contributed by atoms with van der Waals surface area (Å²) >= 11 is 0. The van der Waals surface area contributed by atoms with Gasteiger partial charge in [-0.3, -0.25) is 4.79 Å². The maximum Gasteiger partial charge on any atom is 0.220 e. The molecular weight excluding hydrogens is 991 g/mol. The van der Waals surface area contributed by atoms with Gasteiger partial charge < -0.3 is 65.1 Å². The third kappa shape index (κ3) is 34.8. The van der Waals surface area contributed by atoms with E-state index in [0.29, 0.717) is 12.8 Å². The summed E-state index contributed by atoms with van der Waals surface area (Å²) in [5.74, 6) is -0.243. The molecule has 2 saturated heterocycles. The second-order valence-electron chi connectivity index (χ2n) is 23.2. The molecule has 2 rings (SSSR count). The van der Waals surface area contributed by atoms with Crippen LogP contribution in [-0.4, -0.2) is 140 Å². The monoisotopic (exact) mass is 1110 g/mol. The van der Waals surface area contributed by atoms with Crippen LogP contribution < -0.4 is 5.32 Å². The molecule has 0 aromatic carbocycles. The zero-order valence-electron chi connectivity index (χ0n) is 49.7. The Morgan fingerprint density at radius 1 is 0.449 bits per heavy atom. The molecule has 2 fully saturated rings. The number of unbranched alkanes of at least 4 members (excludes halogenated alkanes) is 38. The molecule has 0 spiro atoms. The summed E-state index contributed by atoms with van der Waals surface area (Å²) in [6.07, 6.45) is 43.7. The van der Waals surface area contributed by atoms with Gasteiger partial charge in [-0.2, -0.15) is 0 Å². The Kier molecular flexibility index (Phi) is 46.5. The molecule has 0 saturated carbocycles. The van der Waals surface area contributed by atoms with Gasteiger partial charge in [-0.1, -0.05) is 269 Å². The quantitative estimate of drug-likeness (QED) is 0.0204. The first-order valence-corrected chi connectivity index (χ1v) is 32.6. The highest BCUT2D eigenvalue weighted by Crippen LogP contribution is 2.30. The number of aliphatic hydroxyl groups is 8. The third-order valence-corrected chi connectivity index (χ3v) is 16.1. The Morgan fingerprint density at radius 2 is 0.821 bits per heavy atom. The summed E-state index contributed by atoms with van der Waals surface area (Å²) in [6, 6.07) is -0.928. The molecule has 78 heavy (non-hydrogen) atoms. The largest absolute Gasteiger partial charge is 0.394 e. The van der Waals surface area contributed by atoms with Crippen molar-refractivity contribution < 1.29 is 64.6 Å². The molecular formula is C64H121NO13. The van der Waals surface area contributed by atoms with Crippen LogP contribution in [0.15, 0.2) is 24.3 Å². The number of aliphatic hydroxyl groups excluding tert-OH is 8. The predicted octanol–water partition coefficient (Wildman–Crippen LogP) is 12.0. The number of ether oxygens (including phenoxy) is 4. The average molecular weight is 1110 g/mol. The fourth-order valence-corrected chi connectivity index (χ4v) is 10.9. The van der Waals surface area contributed by atoms with Gasteiger partial charge in [0.15, 0.2) is 12.6 Å². The Balaban J connectivity index is 1.74. The van der Waals surface area contributed by atoms with Crippen LogP contribution in [0.5, 0.6) is 0 Å². The van der Waals surface area contributed by atoms with Crippen molar-refractivity contribution in [3.8, 4) is 0 Å². The Bertz CT molecular complexity index is 1400. The molecule has 9 N–H and O–H groups in total. The summed E-state index contributed by atoms with van der Waals surface area (Å²) in [5, 5.41) is 87.2. The van der Waals surface area contributed by atoms with Crippen molar-refractivity contribution in [3.63, 3.8) is 0 Å². The second kappa shape index (κ2) is 50.0. The van der Waals surface area contributed by atoms with E-state index in [0.717, 1.165) is 32.1 Å². The number of carbonyl (C=O) groups is 1. The van der Waals surface area contributed by atoms with Crippen LogP contribution in [0, 0.1) is 0 Å². The van der Waals surface area contributed by atoms with Gasteiger partial charge in [0.1, 0.15) is 48.8 Å². The zero-order valence-corrected chi connectivity index (χ0v) is 49.7. The van der Waals surface area contributed by atoms with E-state index < -0.39 is 86.8 Å². The summed E-state index contributed by atoms with van der Waals surface area (Å²) in [7, 11) is 0. The van der Waals surface area contributed by atoms with Crippen molar-refractivity contribution in [3.05, 3.63) is 24.3 Å². The van der Waals surface area contributed by atoms with Gasteiger partial charge in [-0.15, -0.1) is 0 Å². The molecule has 0 bridgehead atoms. The first-order valence-electron chi connectivity index (χ1n) is 32.6. The van der Waals surface area contributed by atoms with Crippen LogP contribution in [0.2, 0.25) is 0 Å². The highest BCUT2D eigenvalue weighted by atomic mass is 16.7. The van der Waals surface area contributed by atoms with Gasteiger partial charge in [0.05, 0.1) is 32.0 Å². The molecule has 1 amide bonds. The maximum atomic E-state index is 13.3. The van der Waals surface area contributed by atoms with Crippen molar-refractivity contribution in [2.45, 2.75) is 357 Å². The summed E-state index contributed by atoms with van der Waals surface area (Å²) in [6.45, 7) is 2.82. The number of hydrogen-bond donors (Lipinski definition) is 9. The molecule has 0 aliphatic carbocycles. The van der Waals surface area contributed by atoms with E-state index >= 15 is 0 Å². The molecule has 0 aromatic rings. The third-order valence-electron chi connectivity index (χ3n) is 16.1. The SMILES string of the molecule is CCCCCCCCCCCCCCCCC/C=C/CC/C=C/C(O)C(COC1OC(CO)C(OC2OC(CO)C(O)C(O)C2O)C(O)C1O)NC(=O)CCCCCCCCCCCCCCCCCCCCCCCCC. The molecule has 460 valence electrons. The second-order valence-corrected chi connectivity index (χ2v) is 23.2. The summed E-state index contributed by atoms with van der Waals surface area (Å²) in [5.41, 5.74) is 0. The van der Waals surface area contributed by atoms with Gasteiger partial charge in [0.25, 0.3) is 0 Å².